The van der Waals surface area contributed by atoms with Gasteiger partial charge in [0, 0.05) is 6.54 Å². The second kappa shape index (κ2) is 14.8. The van der Waals surface area contributed by atoms with E-state index in [1.54, 1.807) is 24.4 Å². The first-order valence-electron chi connectivity index (χ1n) is 16.8. The van der Waals surface area contributed by atoms with E-state index in [2.05, 4.69) is 6.92 Å². The van der Waals surface area contributed by atoms with Crippen molar-refractivity contribution in [1.29, 1.82) is 0 Å². The van der Waals surface area contributed by atoms with Gasteiger partial charge in [0.25, 0.3) is 0 Å². The number of hydrogen-bond acceptors (Lipinski definition) is 8. The number of hydrazone groups is 1. The van der Waals surface area contributed by atoms with E-state index < -0.39 is 46.5 Å². The Balaban J connectivity index is 1.60. The number of hydrogen-bond donors (Lipinski definition) is 4. The van der Waals surface area contributed by atoms with Crippen LogP contribution in [-0.4, -0.2) is 62.0 Å². The van der Waals surface area contributed by atoms with Crippen molar-refractivity contribution in [1.82, 2.24) is 4.98 Å². The lowest BCUT2D eigenvalue weighted by molar-refractivity contribution is -0.150. The summed E-state index contributed by atoms with van der Waals surface area (Å²) in [6.45, 7) is 2.71. The van der Waals surface area contributed by atoms with Crippen LogP contribution in [0.3, 0.4) is 0 Å². The fraction of sp³-hybridized carbons (Fsp3) is 0.500. The molecule has 11 nitrogen and oxygen atoms in total. The van der Waals surface area contributed by atoms with Gasteiger partial charge < -0.3 is 20.4 Å². The van der Waals surface area contributed by atoms with Crippen molar-refractivity contribution < 1.29 is 39.6 Å². The van der Waals surface area contributed by atoms with Gasteiger partial charge in [0.2, 0.25) is 5.13 Å². The van der Waals surface area contributed by atoms with Gasteiger partial charge in [-0.1, -0.05) is 61.8 Å². The molecule has 0 aliphatic heterocycles. The molecule has 0 bridgehead atoms. The number of anilines is 1. The number of fused-ring (bicyclic) bond motifs is 1. The van der Waals surface area contributed by atoms with Crippen molar-refractivity contribution in [3.8, 4) is 0 Å². The third-order valence-corrected chi connectivity index (χ3v) is 11.4. The molecular formula is C36H43N3O8S. The molecule has 0 amide bonds. The van der Waals surface area contributed by atoms with Crippen molar-refractivity contribution in [2.24, 2.45) is 16.9 Å². The summed E-state index contributed by atoms with van der Waals surface area (Å²) in [5, 5.41) is 47.8. The zero-order chi connectivity index (χ0) is 34.5. The molecule has 5 rings (SSSR count). The molecule has 2 aliphatic carbocycles. The predicted molar refractivity (Wildman–Crippen MR) is 183 cm³/mol. The number of para-hydroxylation sites is 1. The normalized spacial score (nSPS) is 24.4. The smallest absolute Gasteiger partial charge is 0.314 e. The molecule has 0 radical (unpaired) electrons. The molecule has 1 heterocycles. The van der Waals surface area contributed by atoms with Crippen LogP contribution in [0.4, 0.5) is 5.13 Å². The van der Waals surface area contributed by atoms with E-state index >= 15 is 0 Å². The maximum absolute atomic E-state index is 13.1. The predicted octanol–water partition coefficient (Wildman–Crippen LogP) is 6.91. The number of unbranched alkanes of at least 4 members (excludes halogenated alkanes) is 3. The zero-order valence-electron chi connectivity index (χ0n) is 27.1. The lowest BCUT2D eigenvalue weighted by Crippen LogP contribution is -2.43. The monoisotopic (exact) mass is 677 g/mol. The van der Waals surface area contributed by atoms with Crippen molar-refractivity contribution in [2.45, 2.75) is 94.8 Å². The van der Waals surface area contributed by atoms with Gasteiger partial charge in [-0.05, 0) is 92.7 Å². The Kier molecular flexibility index (Phi) is 10.8. The fourth-order valence-corrected chi connectivity index (χ4v) is 8.29. The van der Waals surface area contributed by atoms with Crippen LogP contribution in [0.1, 0.15) is 101 Å². The summed E-state index contributed by atoms with van der Waals surface area (Å²) in [5.41, 5.74) is -0.499. The summed E-state index contributed by atoms with van der Waals surface area (Å²) in [6.07, 6.45) is 6.91. The highest BCUT2D eigenvalue weighted by Gasteiger charge is 2.48. The highest BCUT2D eigenvalue weighted by molar-refractivity contribution is 7.22. The first-order chi connectivity index (χ1) is 23.0. The van der Waals surface area contributed by atoms with Crippen molar-refractivity contribution >= 4 is 56.8 Å². The Labute approximate surface area is 283 Å². The average Bonchev–Trinajstić information content (AvgIpc) is 3.52. The van der Waals surface area contributed by atoms with Crippen molar-refractivity contribution in [3.63, 3.8) is 0 Å². The highest BCUT2D eigenvalue weighted by atomic mass is 32.1. The molecule has 12 heteroatoms. The summed E-state index contributed by atoms with van der Waals surface area (Å²) >= 11 is 1.50. The number of thiazole rings is 1. The lowest BCUT2D eigenvalue weighted by Gasteiger charge is -2.39. The largest absolute Gasteiger partial charge is 0.481 e. The van der Waals surface area contributed by atoms with Gasteiger partial charge in [-0.3, -0.25) is 19.2 Å². The minimum Gasteiger partial charge on any atom is -0.481 e. The van der Waals surface area contributed by atoms with Gasteiger partial charge in [-0.2, -0.15) is 5.10 Å². The number of benzene rings is 2. The highest BCUT2D eigenvalue weighted by Crippen LogP contribution is 2.46. The number of carboxylic acids is 4. The summed E-state index contributed by atoms with van der Waals surface area (Å²) in [4.78, 5) is 54.2. The van der Waals surface area contributed by atoms with E-state index in [4.69, 9.17) is 10.1 Å². The Bertz CT molecular complexity index is 1650. The number of aromatic nitrogens is 1. The lowest BCUT2D eigenvalue weighted by atomic mass is 9.63. The molecular weight excluding hydrogens is 634 g/mol. The second-order valence-corrected chi connectivity index (χ2v) is 14.2. The zero-order valence-corrected chi connectivity index (χ0v) is 28.0. The quantitative estimate of drug-likeness (QED) is 0.0796. The van der Waals surface area contributed by atoms with Gasteiger partial charge in [-0.25, -0.2) is 9.99 Å². The van der Waals surface area contributed by atoms with Gasteiger partial charge in [-0.15, -0.1) is 0 Å². The Hall–Kier alpha value is -4.32. The molecule has 0 saturated heterocycles. The number of aliphatic carboxylic acids is 4. The van der Waals surface area contributed by atoms with Crippen LogP contribution in [0.25, 0.3) is 10.2 Å². The topological polar surface area (TPSA) is 178 Å². The fourth-order valence-electron chi connectivity index (χ4n) is 7.34. The van der Waals surface area contributed by atoms with Crippen LogP contribution in [0.2, 0.25) is 0 Å². The summed E-state index contributed by atoms with van der Waals surface area (Å²) in [7, 11) is 0. The summed E-state index contributed by atoms with van der Waals surface area (Å²) in [6, 6.07) is 12.8. The molecule has 4 N–H and O–H groups in total. The minimum atomic E-state index is -1.38. The molecule has 256 valence electrons. The van der Waals surface area contributed by atoms with E-state index in [1.165, 1.54) is 11.3 Å². The molecule has 0 atom stereocenters. The third-order valence-electron chi connectivity index (χ3n) is 10.4. The Morgan fingerprint density at radius 2 is 1.46 bits per heavy atom. The summed E-state index contributed by atoms with van der Waals surface area (Å²) in [5.74, 6) is -5.25. The van der Waals surface area contributed by atoms with E-state index in [1.807, 2.05) is 29.3 Å². The van der Waals surface area contributed by atoms with Gasteiger partial charge in [0.15, 0.2) is 0 Å². The molecule has 0 unspecified atom stereocenters. The molecule has 2 saturated carbocycles. The molecule has 2 fully saturated rings. The second-order valence-electron chi connectivity index (χ2n) is 13.2. The van der Waals surface area contributed by atoms with Crippen molar-refractivity contribution in [2.75, 3.05) is 11.6 Å². The van der Waals surface area contributed by atoms with Crippen molar-refractivity contribution in [3.05, 3.63) is 59.2 Å². The molecule has 3 aromatic rings. The Morgan fingerprint density at radius 1 is 0.854 bits per heavy atom. The van der Waals surface area contributed by atoms with Crippen LogP contribution in [-0.2, 0) is 30.0 Å². The number of carbonyl (C=O) groups is 4. The molecule has 1 aromatic heterocycles. The molecule has 2 aromatic carbocycles. The van der Waals surface area contributed by atoms with E-state index in [-0.39, 0.29) is 51.4 Å². The Morgan fingerprint density at radius 3 is 2.02 bits per heavy atom. The van der Waals surface area contributed by atoms with Crippen LogP contribution < -0.4 is 5.01 Å². The van der Waals surface area contributed by atoms with E-state index in [0.717, 1.165) is 35.9 Å². The SMILES string of the molecule is CCCCCCN(/N=C/c1cc(C2(C(=O)O)CCC(C(=O)O)CC2)ccc1C1(C(=O)O)CCC(C(=O)O)CC1)c1nc2ccccc2s1. The minimum absolute atomic E-state index is 0.114. The van der Waals surface area contributed by atoms with Crippen LogP contribution in [0, 0.1) is 11.8 Å². The van der Waals surface area contributed by atoms with E-state index in [9.17, 15) is 39.6 Å². The maximum Gasteiger partial charge on any atom is 0.314 e. The summed E-state index contributed by atoms with van der Waals surface area (Å²) < 4.78 is 1.00. The van der Waals surface area contributed by atoms with Gasteiger partial charge in [0.1, 0.15) is 0 Å². The first kappa shape index (κ1) is 35.0. The maximum atomic E-state index is 13.1. The molecule has 2 aliphatic rings. The number of nitrogens with zero attached hydrogens (tertiary/aromatic N) is 3. The molecule has 48 heavy (non-hydrogen) atoms. The van der Waals surface area contributed by atoms with Gasteiger partial charge >= 0.3 is 23.9 Å². The van der Waals surface area contributed by atoms with Gasteiger partial charge in [0.05, 0.1) is 39.1 Å². The van der Waals surface area contributed by atoms with Crippen LogP contribution in [0.15, 0.2) is 47.6 Å². The first-order valence-corrected chi connectivity index (χ1v) is 17.6. The van der Waals surface area contributed by atoms with Crippen LogP contribution >= 0.6 is 11.3 Å². The van der Waals surface area contributed by atoms with E-state index in [0.29, 0.717) is 28.4 Å². The molecule has 0 spiro atoms. The third kappa shape index (κ3) is 7.08. The standard InChI is InChI=1S/C36H43N3O8S/c1-2-3-4-7-20-39(34-38-28-8-5-6-9-29(28)48-34)37-22-25-21-26(35(32(44)45)16-12-23(13-17-35)30(40)41)10-11-27(25)36(33(46)47)18-14-24(15-19-36)31(42)43/h5-6,8-11,21-24H,2-4,7,12-20H2,1H3,(H,40,41)(H,42,43)(H,44,45)(H,46,47)/b37-22+. The number of carboxylic acid groups (broad SMARTS) is 4. The van der Waals surface area contributed by atoms with Crippen LogP contribution in [0.5, 0.6) is 0 Å². The average molecular weight is 678 g/mol. The number of rotatable bonds is 14.